The molecule has 7 nitrogen and oxygen atoms in total. The molecule has 0 saturated carbocycles. The van der Waals surface area contributed by atoms with Crippen LogP contribution >= 0.6 is 11.6 Å². The van der Waals surface area contributed by atoms with Crippen molar-refractivity contribution in [2.24, 2.45) is 0 Å². The monoisotopic (exact) mass is 385 g/mol. The third-order valence-electron chi connectivity index (χ3n) is 3.94. The van der Waals surface area contributed by atoms with Crippen molar-refractivity contribution < 1.29 is 14.2 Å². The lowest BCUT2D eigenvalue weighted by atomic mass is 10.1. The number of nitrogens with zero attached hydrogens (tertiary/aromatic N) is 3. The molecule has 0 saturated heterocycles. The van der Waals surface area contributed by atoms with Gasteiger partial charge in [-0.3, -0.25) is 10.1 Å². The molecule has 0 aliphatic carbocycles. The summed E-state index contributed by atoms with van der Waals surface area (Å²) in [6.07, 6.45) is 2.12. The van der Waals surface area contributed by atoms with E-state index in [1.54, 1.807) is 31.4 Å². The van der Waals surface area contributed by atoms with Crippen LogP contribution in [0, 0.1) is 10.1 Å². The molecule has 0 aliphatic heterocycles. The maximum absolute atomic E-state index is 11.2. The Morgan fingerprint density at radius 3 is 2.85 bits per heavy atom. The first-order valence-corrected chi connectivity index (χ1v) is 8.52. The SMILES string of the molecule is CCc1ccc(/C=C(\Cl)c2nc(-c3cccc(OC)c3)no2)cc1[N+](=O)[O-]. The van der Waals surface area contributed by atoms with Gasteiger partial charge < -0.3 is 9.26 Å². The molecule has 0 fully saturated rings. The molecule has 27 heavy (non-hydrogen) atoms. The van der Waals surface area contributed by atoms with Gasteiger partial charge in [-0.05, 0) is 30.2 Å². The quantitative estimate of drug-likeness (QED) is 0.440. The smallest absolute Gasteiger partial charge is 0.273 e. The average Bonchev–Trinajstić information content (AvgIpc) is 3.18. The van der Waals surface area contributed by atoms with Crippen LogP contribution < -0.4 is 4.74 Å². The van der Waals surface area contributed by atoms with Crippen LogP contribution in [-0.2, 0) is 6.42 Å². The Morgan fingerprint density at radius 1 is 1.33 bits per heavy atom. The number of rotatable bonds is 6. The fourth-order valence-corrected chi connectivity index (χ4v) is 2.75. The van der Waals surface area contributed by atoms with Crippen LogP contribution in [0.15, 0.2) is 47.0 Å². The summed E-state index contributed by atoms with van der Waals surface area (Å²) >= 11 is 6.28. The molecule has 0 spiro atoms. The van der Waals surface area contributed by atoms with E-state index in [0.29, 0.717) is 29.1 Å². The fraction of sp³-hybridized carbons (Fsp3) is 0.158. The third-order valence-corrected chi connectivity index (χ3v) is 4.21. The molecule has 2 aromatic carbocycles. The van der Waals surface area contributed by atoms with E-state index in [0.717, 1.165) is 5.56 Å². The topological polar surface area (TPSA) is 91.3 Å². The van der Waals surface area contributed by atoms with Gasteiger partial charge in [0.2, 0.25) is 5.82 Å². The number of nitro groups is 1. The first-order chi connectivity index (χ1) is 13.0. The molecule has 8 heteroatoms. The van der Waals surface area contributed by atoms with Gasteiger partial charge in [-0.2, -0.15) is 4.98 Å². The molecule has 0 bridgehead atoms. The Balaban J connectivity index is 1.90. The van der Waals surface area contributed by atoms with Crippen molar-refractivity contribution in [2.45, 2.75) is 13.3 Å². The average molecular weight is 386 g/mol. The van der Waals surface area contributed by atoms with Crippen molar-refractivity contribution in [2.75, 3.05) is 7.11 Å². The Kier molecular flexibility index (Phi) is 5.52. The summed E-state index contributed by atoms with van der Waals surface area (Å²) in [6.45, 7) is 1.86. The van der Waals surface area contributed by atoms with Gasteiger partial charge in [-0.1, -0.05) is 47.9 Å². The van der Waals surface area contributed by atoms with Gasteiger partial charge in [-0.25, -0.2) is 0 Å². The highest BCUT2D eigenvalue weighted by Crippen LogP contribution is 2.28. The van der Waals surface area contributed by atoms with Gasteiger partial charge in [0.05, 0.1) is 12.0 Å². The summed E-state index contributed by atoms with van der Waals surface area (Å²) in [5, 5.41) is 15.3. The second kappa shape index (κ2) is 8.01. The number of hydrogen-bond acceptors (Lipinski definition) is 6. The number of methoxy groups -OCH3 is 1. The minimum atomic E-state index is -0.405. The first kappa shape index (κ1) is 18.6. The molecule has 1 aromatic heterocycles. The Hall–Kier alpha value is -3.19. The van der Waals surface area contributed by atoms with Gasteiger partial charge >= 0.3 is 0 Å². The zero-order valence-electron chi connectivity index (χ0n) is 14.7. The summed E-state index contributed by atoms with van der Waals surface area (Å²) < 4.78 is 10.4. The normalized spacial score (nSPS) is 11.4. The number of aromatic nitrogens is 2. The number of hydrogen-bond donors (Lipinski definition) is 0. The summed E-state index contributed by atoms with van der Waals surface area (Å²) in [7, 11) is 1.57. The molecule has 3 aromatic rings. The van der Waals surface area contributed by atoms with Gasteiger partial charge in [0.25, 0.3) is 11.6 Å². The highest BCUT2D eigenvalue weighted by Gasteiger charge is 2.15. The van der Waals surface area contributed by atoms with E-state index in [4.69, 9.17) is 20.9 Å². The summed E-state index contributed by atoms with van der Waals surface area (Å²) in [5.41, 5.74) is 2.01. The number of halogens is 1. The lowest BCUT2D eigenvalue weighted by molar-refractivity contribution is -0.385. The molecule has 0 N–H and O–H groups in total. The van der Waals surface area contributed by atoms with Crippen LogP contribution in [0.4, 0.5) is 5.69 Å². The summed E-state index contributed by atoms with van der Waals surface area (Å²) in [5.74, 6) is 1.16. The zero-order chi connectivity index (χ0) is 19.4. The van der Waals surface area contributed by atoms with E-state index in [2.05, 4.69) is 10.1 Å². The second-order valence-corrected chi connectivity index (χ2v) is 6.05. The van der Waals surface area contributed by atoms with Gasteiger partial charge in [0.1, 0.15) is 10.8 Å². The standard InChI is InChI=1S/C19H16ClN3O4/c1-3-13-8-7-12(10-17(13)23(24)25)9-16(20)19-21-18(22-27-19)14-5-4-6-15(11-14)26-2/h4-11H,3H2,1-2H3/b16-9-. The van der Waals surface area contributed by atoms with Crippen molar-refractivity contribution in [1.29, 1.82) is 0 Å². The third kappa shape index (κ3) is 4.15. The maximum atomic E-state index is 11.2. The molecule has 138 valence electrons. The zero-order valence-corrected chi connectivity index (χ0v) is 15.4. The Labute approximate surface area is 160 Å². The number of benzene rings is 2. The van der Waals surface area contributed by atoms with Crippen molar-refractivity contribution in [3.05, 3.63) is 69.6 Å². The highest BCUT2D eigenvalue weighted by molar-refractivity contribution is 6.50. The summed E-state index contributed by atoms with van der Waals surface area (Å²) in [6, 6.07) is 12.2. The molecular formula is C19H16ClN3O4. The molecule has 0 aliphatic rings. The van der Waals surface area contributed by atoms with Crippen molar-refractivity contribution in [1.82, 2.24) is 10.1 Å². The van der Waals surface area contributed by atoms with Gasteiger partial charge in [0.15, 0.2) is 0 Å². The Morgan fingerprint density at radius 2 is 2.15 bits per heavy atom. The second-order valence-electron chi connectivity index (χ2n) is 5.65. The van der Waals surface area contributed by atoms with Gasteiger partial charge in [-0.15, -0.1) is 0 Å². The lowest BCUT2D eigenvalue weighted by Gasteiger charge is -2.01. The van der Waals surface area contributed by atoms with Crippen LogP contribution in [0.5, 0.6) is 5.75 Å². The van der Waals surface area contributed by atoms with E-state index in [-0.39, 0.29) is 16.6 Å². The number of nitro benzene ring substituents is 1. The largest absolute Gasteiger partial charge is 0.497 e. The molecule has 0 atom stereocenters. The first-order valence-electron chi connectivity index (χ1n) is 8.15. The fourth-order valence-electron chi connectivity index (χ4n) is 2.55. The number of aryl methyl sites for hydroxylation is 1. The predicted octanol–water partition coefficient (Wildman–Crippen LogP) is 4.95. The minimum absolute atomic E-state index is 0.0540. The molecule has 3 rings (SSSR count). The van der Waals surface area contributed by atoms with Crippen molar-refractivity contribution in [3.8, 4) is 17.1 Å². The molecular weight excluding hydrogens is 370 g/mol. The van der Waals surface area contributed by atoms with E-state index < -0.39 is 4.92 Å². The van der Waals surface area contributed by atoms with Gasteiger partial charge in [0, 0.05) is 17.2 Å². The van der Waals surface area contributed by atoms with E-state index in [1.165, 1.54) is 6.07 Å². The molecule has 0 amide bonds. The van der Waals surface area contributed by atoms with Crippen LogP contribution in [-0.4, -0.2) is 22.2 Å². The van der Waals surface area contributed by atoms with E-state index in [1.807, 2.05) is 25.1 Å². The number of ether oxygens (including phenoxy) is 1. The minimum Gasteiger partial charge on any atom is -0.497 e. The van der Waals surface area contributed by atoms with Crippen molar-refractivity contribution in [3.63, 3.8) is 0 Å². The van der Waals surface area contributed by atoms with Crippen molar-refractivity contribution >= 4 is 28.4 Å². The van der Waals surface area contributed by atoms with Crippen LogP contribution in [0.3, 0.4) is 0 Å². The molecule has 0 radical (unpaired) electrons. The predicted molar refractivity (Wildman–Crippen MR) is 102 cm³/mol. The summed E-state index contributed by atoms with van der Waals surface area (Å²) in [4.78, 5) is 15.1. The molecule has 1 heterocycles. The van der Waals surface area contributed by atoms with Crippen LogP contribution in [0.1, 0.15) is 23.9 Å². The van der Waals surface area contributed by atoms with E-state index in [9.17, 15) is 10.1 Å². The lowest BCUT2D eigenvalue weighted by Crippen LogP contribution is -1.94. The maximum Gasteiger partial charge on any atom is 0.273 e. The van der Waals surface area contributed by atoms with E-state index >= 15 is 0 Å². The van der Waals surface area contributed by atoms with Crippen LogP contribution in [0.2, 0.25) is 0 Å². The van der Waals surface area contributed by atoms with Crippen LogP contribution in [0.25, 0.3) is 22.5 Å². The highest BCUT2D eigenvalue weighted by atomic mass is 35.5. The molecule has 0 unspecified atom stereocenters. The Bertz CT molecular complexity index is 1010.